The number of nitrogens with zero attached hydrogens (tertiary/aromatic N) is 1. The summed E-state index contributed by atoms with van der Waals surface area (Å²) in [7, 11) is 0. The van der Waals surface area contributed by atoms with Crippen LogP contribution in [0.1, 0.15) is 50.7 Å². The molecule has 0 aliphatic rings. The second-order valence-corrected chi connectivity index (χ2v) is 7.67. The van der Waals surface area contributed by atoms with Gasteiger partial charge in [0.25, 0.3) is 5.91 Å². The van der Waals surface area contributed by atoms with Crippen LogP contribution in [0.4, 0.5) is 0 Å². The van der Waals surface area contributed by atoms with Crippen molar-refractivity contribution in [2.45, 2.75) is 40.3 Å². The van der Waals surface area contributed by atoms with E-state index in [2.05, 4.69) is 37.1 Å². The first kappa shape index (κ1) is 19.1. The summed E-state index contributed by atoms with van der Waals surface area (Å²) in [6, 6.07) is 14.0. The van der Waals surface area contributed by atoms with Gasteiger partial charge in [0.1, 0.15) is 23.1 Å². The molecule has 1 aromatic heterocycles. The van der Waals surface area contributed by atoms with E-state index >= 15 is 0 Å². The van der Waals surface area contributed by atoms with Crippen LogP contribution in [0.2, 0.25) is 0 Å². The van der Waals surface area contributed by atoms with Crippen molar-refractivity contribution in [2.24, 2.45) is 0 Å². The summed E-state index contributed by atoms with van der Waals surface area (Å²) in [6.45, 7) is 8.51. The maximum atomic E-state index is 12.5. The van der Waals surface area contributed by atoms with E-state index in [0.717, 1.165) is 21.9 Å². The molecule has 0 unspecified atom stereocenters. The van der Waals surface area contributed by atoms with Crippen molar-refractivity contribution < 1.29 is 9.53 Å². The summed E-state index contributed by atoms with van der Waals surface area (Å²) in [5.74, 6) is 0.697. The fourth-order valence-electron chi connectivity index (χ4n) is 2.87. The SMILES string of the molecule is Cc1cc(C)c(C)c(OCc2nc(C(=O)N[C@H](C)c3ccccc3)cs2)c1. The van der Waals surface area contributed by atoms with Crippen LogP contribution in [-0.2, 0) is 6.61 Å². The van der Waals surface area contributed by atoms with Crippen molar-refractivity contribution in [1.29, 1.82) is 0 Å². The molecule has 1 heterocycles. The van der Waals surface area contributed by atoms with Gasteiger partial charge >= 0.3 is 0 Å². The standard InChI is InChI=1S/C22H24N2O2S/c1-14-10-15(2)16(3)20(11-14)26-12-21-24-19(13-27-21)22(25)23-17(4)18-8-6-5-7-9-18/h5-11,13,17H,12H2,1-4H3,(H,23,25)/t17-/m1/s1. The normalized spacial score (nSPS) is 11.9. The van der Waals surface area contributed by atoms with E-state index in [1.807, 2.05) is 43.3 Å². The Hall–Kier alpha value is -2.66. The molecule has 5 heteroatoms. The number of aryl methyl sites for hydroxylation is 2. The lowest BCUT2D eigenvalue weighted by Gasteiger charge is -2.13. The number of carbonyl (C=O) groups excluding carboxylic acids is 1. The van der Waals surface area contributed by atoms with E-state index in [1.54, 1.807) is 5.38 Å². The molecule has 4 nitrogen and oxygen atoms in total. The number of ether oxygens (including phenoxy) is 1. The number of amides is 1. The molecule has 0 saturated carbocycles. The zero-order chi connectivity index (χ0) is 19.4. The predicted molar refractivity (Wildman–Crippen MR) is 109 cm³/mol. The van der Waals surface area contributed by atoms with Crippen molar-refractivity contribution in [2.75, 3.05) is 0 Å². The fourth-order valence-corrected chi connectivity index (χ4v) is 3.55. The molecule has 1 N–H and O–H groups in total. The maximum Gasteiger partial charge on any atom is 0.271 e. The van der Waals surface area contributed by atoms with Crippen molar-refractivity contribution in [1.82, 2.24) is 10.3 Å². The average Bonchev–Trinajstić information content (AvgIpc) is 3.13. The first-order chi connectivity index (χ1) is 12.9. The molecule has 27 heavy (non-hydrogen) atoms. The molecular formula is C22H24N2O2S. The van der Waals surface area contributed by atoms with Crippen LogP contribution in [0.5, 0.6) is 5.75 Å². The summed E-state index contributed by atoms with van der Waals surface area (Å²) >= 11 is 1.44. The molecule has 1 atom stereocenters. The number of rotatable bonds is 6. The number of thiazole rings is 1. The Bertz CT molecular complexity index is 935. The van der Waals surface area contributed by atoms with Crippen LogP contribution < -0.4 is 10.1 Å². The molecule has 1 amide bonds. The highest BCUT2D eigenvalue weighted by Crippen LogP contribution is 2.24. The average molecular weight is 381 g/mol. The van der Waals surface area contributed by atoms with E-state index in [0.29, 0.717) is 12.3 Å². The van der Waals surface area contributed by atoms with E-state index in [9.17, 15) is 4.79 Å². The van der Waals surface area contributed by atoms with Gasteiger partial charge in [-0.15, -0.1) is 11.3 Å². The highest BCUT2D eigenvalue weighted by molar-refractivity contribution is 7.09. The summed E-state index contributed by atoms with van der Waals surface area (Å²) in [6.07, 6.45) is 0. The van der Waals surface area contributed by atoms with Crippen molar-refractivity contribution in [3.63, 3.8) is 0 Å². The van der Waals surface area contributed by atoms with Crippen LogP contribution in [0, 0.1) is 20.8 Å². The zero-order valence-corrected chi connectivity index (χ0v) is 16.9. The van der Waals surface area contributed by atoms with Gasteiger partial charge in [0.05, 0.1) is 6.04 Å². The fraction of sp³-hybridized carbons (Fsp3) is 0.273. The van der Waals surface area contributed by atoms with Gasteiger partial charge in [-0.3, -0.25) is 4.79 Å². The molecule has 0 aliphatic heterocycles. The van der Waals surface area contributed by atoms with Crippen LogP contribution >= 0.6 is 11.3 Å². The Kier molecular flexibility index (Phi) is 5.91. The largest absolute Gasteiger partial charge is 0.486 e. The third-order valence-electron chi connectivity index (χ3n) is 4.55. The van der Waals surface area contributed by atoms with Crippen molar-refractivity contribution >= 4 is 17.2 Å². The molecule has 0 fully saturated rings. The smallest absolute Gasteiger partial charge is 0.271 e. The predicted octanol–water partition coefficient (Wildman–Crippen LogP) is 5.14. The van der Waals surface area contributed by atoms with Crippen molar-refractivity contribution in [3.8, 4) is 5.75 Å². The van der Waals surface area contributed by atoms with Crippen LogP contribution in [0.25, 0.3) is 0 Å². The summed E-state index contributed by atoms with van der Waals surface area (Å²) in [5, 5.41) is 5.55. The monoisotopic (exact) mass is 380 g/mol. The van der Waals surface area contributed by atoms with Gasteiger partial charge in [-0.25, -0.2) is 4.98 Å². The van der Waals surface area contributed by atoms with Gasteiger partial charge in [-0.2, -0.15) is 0 Å². The maximum absolute atomic E-state index is 12.5. The lowest BCUT2D eigenvalue weighted by atomic mass is 10.1. The van der Waals surface area contributed by atoms with Gasteiger partial charge in [0.2, 0.25) is 0 Å². The van der Waals surface area contributed by atoms with Crippen molar-refractivity contribution in [3.05, 3.63) is 80.8 Å². The minimum absolute atomic E-state index is 0.0713. The third kappa shape index (κ3) is 4.74. The zero-order valence-electron chi connectivity index (χ0n) is 16.1. The molecule has 0 saturated heterocycles. The quantitative estimate of drug-likeness (QED) is 0.644. The first-order valence-electron chi connectivity index (χ1n) is 8.95. The molecule has 0 aliphatic carbocycles. The number of nitrogens with one attached hydrogen (secondary N) is 1. The Balaban J connectivity index is 1.62. The minimum Gasteiger partial charge on any atom is -0.486 e. The Morgan fingerprint density at radius 2 is 1.93 bits per heavy atom. The van der Waals surface area contributed by atoms with Gasteiger partial charge in [-0.05, 0) is 56.0 Å². The first-order valence-corrected chi connectivity index (χ1v) is 9.83. The Morgan fingerprint density at radius 1 is 1.19 bits per heavy atom. The summed E-state index contributed by atoms with van der Waals surface area (Å²) < 4.78 is 5.94. The van der Waals surface area contributed by atoms with E-state index in [1.165, 1.54) is 22.5 Å². The second-order valence-electron chi connectivity index (χ2n) is 6.73. The van der Waals surface area contributed by atoms with Gasteiger partial charge in [0.15, 0.2) is 0 Å². The molecule has 2 aromatic carbocycles. The molecule has 0 bridgehead atoms. The lowest BCUT2D eigenvalue weighted by Crippen LogP contribution is -2.26. The van der Waals surface area contributed by atoms with E-state index in [4.69, 9.17) is 4.74 Å². The highest BCUT2D eigenvalue weighted by atomic mass is 32.1. The van der Waals surface area contributed by atoms with Crippen LogP contribution in [0.3, 0.4) is 0 Å². The van der Waals surface area contributed by atoms with Crippen LogP contribution in [-0.4, -0.2) is 10.9 Å². The Morgan fingerprint density at radius 3 is 2.67 bits per heavy atom. The van der Waals surface area contributed by atoms with Gasteiger partial charge in [-0.1, -0.05) is 36.4 Å². The Labute approximate surface area is 164 Å². The molecule has 3 aromatic rings. The summed E-state index contributed by atoms with van der Waals surface area (Å²) in [4.78, 5) is 16.9. The number of hydrogen-bond acceptors (Lipinski definition) is 4. The molecular weight excluding hydrogens is 356 g/mol. The van der Waals surface area contributed by atoms with Gasteiger partial charge in [0, 0.05) is 5.38 Å². The minimum atomic E-state index is -0.170. The van der Waals surface area contributed by atoms with E-state index in [-0.39, 0.29) is 11.9 Å². The van der Waals surface area contributed by atoms with Crippen LogP contribution in [0.15, 0.2) is 47.8 Å². The third-order valence-corrected chi connectivity index (χ3v) is 5.37. The molecule has 0 spiro atoms. The number of carbonyl (C=O) groups is 1. The number of aromatic nitrogens is 1. The topological polar surface area (TPSA) is 51.2 Å². The highest BCUT2D eigenvalue weighted by Gasteiger charge is 2.15. The second kappa shape index (κ2) is 8.35. The molecule has 3 rings (SSSR count). The lowest BCUT2D eigenvalue weighted by molar-refractivity contribution is 0.0935. The summed E-state index contributed by atoms with van der Waals surface area (Å²) in [5.41, 5.74) is 5.00. The molecule has 140 valence electrons. The van der Waals surface area contributed by atoms with Gasteiger partial charge < -0.3 is 10.1 Å². The molecule has 0 radical (unpaired) electrons. The number of hydrogen-bond donors (Lipinski definition) is 1. The number of benzene rings is 2. The van der Waals surface area contributed by atoms with E-state index < -0.39 is 0 Å².